The zero-order chi connectivity index (χ0) is 26.6. The van der Waals surface area contributed by atoms with Crippen molar-refractivity contribution in [3.8, 4) is 0 Å². The number of allylic oxidation sites excluding steroid dienone is 1. The first-order valence-electron chi connectivity index (χ1n) is 13.3. The number of nitrogens with zero attached hydrogens (tertiary/aromatic N) is 1. The van der Waals surface area contributed by atoms with Gasteiger partial charge in [-0.1, -0.05) is 48.0 Å². The van der Waals surface area contributed by atoms with E-state index in [1.54, 1.807) is 20.3 Å². The molecule has 0 aromatic heterocycles. The number of rotatable bonds is 7. The number of piperidine rings is 1. The lowest BCUT2D eigenvalue weighted by Gasteiger charge is -2.36. The Morgan fingerprint density at radius 1 is 0.947 bits per heavy atom. The van der Waals surface area contributed by atoms with E-state index in [-0.39, 0.29) is 6.29 Å². The minimum atomic E-state index is -0.899. The van der Waals surface area contributed by atoms with Crippen molar-refractivity contribution < 1.29 is 19.4 Å². The van der Waals surface area contributed by atoms with Gasteiger partial charge in [0.15, 0.2) is 6.29 Å². The molecule has 0 spiro atoms. The fraction of sp³-hybridized carbons (Fsp3) is 0.344. The Bertz CT molecular complexity index is 1320. The number of carboxylic acids is 1. The molecule has 38 heavy (non-hydrogen) atoms. The summed E-state index contributed by atoms with van der Waals surface area (Å²) in [6.45, 7) is 1.92. The van der Waals surface area contributed by atoms with Crippen LogP contribution >= 0.6 is 11.6 Å². The van der Waals surface area contributed by atoms with Crippen LogP contribution in [0.3, 0.4) is 0 Å². The minimum Gasteiger partial charge on any atom is -0.478 e. The van der Waals surface area contributed by atoms with Crippen molar-refractivity contribution in [3.63, 3.8) is 0 Å². The molecule has 0 radical (unpaired) electrons. The van der Waals surface area contributed by atoms with E-state index >= 15 is 0 Å². The number of carbonyl (C=O) groups is 1. The number of hydrogen-bond donors (Lipinski definition) is 1. The van der Waals surface area contributed by atoms with Crippen molar-refractivity contribution in [2.75, 3.05) is 32.2 Å². The predicted octanol–water partition coefficient (Wildman–Crippen LogP) is 7.17. The highest BCUT2D eigenvalue weighted by Crippen LogP contribution is 2.42. The van der Waals surface area contributed by atoms with Gasteiger partial charge in [0.1, 0.15) is 0 Å². The molecule has 6 heteroatoms. The number of halogens is 1. The van der Waals surface area contributed by atoms with Crippen LogP contribution in [0.1, 0.15) is 58.3 Å². The summed E-state index contributed by atoms with van der Waals surface area (Å²) in [5.74, 6) is -0.494. The number of carboxylic acid groups (broad SMARTS) is 1. The van der Waals surface area contributed by atoms with Crippen LogP contribution in [0.5, 0.6) is 0 Å². The molecule has 3 aromatic rings. The molecule has 5 nitrogen and oxygen atoms in total. The normalized spacial score (nSPS) is 16.5. The first-order valence-corrected chi connectivity index (χ1v) is 13.6. The fourth-order valence-corrected chi connectivity index (χ4v) is 6.23. The molecule has 1 aliphatic carbocycles. The summed E-state index contributed by atoms with van der Waals surface area (Å²) in [6.07, 6.45) is 4.52. The third-order valence-electron chi connectivity index (χ3n) is 7.91. The highest BCUT2D eigenvalue weighted by molar-refractivity contribution is 6.32. The maximum absolute atomic E-state index is 11.7. The molecule has 198 valence electrons. The monoisotopic (exact) mass is 531 g/mol. The van der Waals surface area contributed by atoms with Gasteiger partial charge in [0.2, 0.25) is 0 Å². The van der Waals surface area contributed by atoms with Gasteiger partial charge in [0, 0.05) is 43.9 Å². The lowest BCUT2D eigenvalue weighted by atomic mass is 9.87. The molecule has 1 heterocycles. The molecule has 0 bridgehead atoms. The van der Waals surface area contributed by atoms with Crippen LogP contribution in [0.2, 0.25) is 5.02 Å². The standard InChI is InChI=1S/C32H34ClNO4/c1-37-32(38-2)22-16-18-34(19-17-22)25-13-10-21(11-14-25)30-26-15-12-24(31(35)36)20-23(26)6-5-8-28(30)27-7-3-4-9-29(27)33/h3-4,7,9-15,20,22,32H,5-6,8,16-19H2,1-2H3,(H,35,36). The second kappa shape index (κ2) is 11.7. The van der Waals surface area contributed by atoms with E-state index in [1.165, 1.54) is 11.3 Å². The van der Waals surface area contributed by atoms with Crippen molar-refractivity contribution in [1.29, 1.82) is 0 Å². The van der Waals surface area contributed by atoms with Gasteiger partial charge in [-0.15, -0.1) is 0 Å². The summed E-state index contributed by atoms with van der Waals surface area (Å²) in [5.41, 5.74) is 8.17. The Labute approximate surface area is 229 Å². The zero-order valence-corrected chi connectivity index (χ0v) is 22.7. The first-order chi connectivity index (χ1) is 18.5. The largest absolute Gasteiger partial charge is 0.478 e. The number of fused-ring (bicyclic) bond motifs is 1. The average Bonchev–Trinajstić information content (AvgIpc) is 3.13. The summed E-state index contributed by atoms with van der Waals surface area (Å²) in [6, 6.07) is 22.3. The number of hydrogen-bond acceptors (Lipinski definition) is 4. The van der Waals surface area contributed by atoms with E-state index in [1.807, 2.05) is 30.3 Å². The zero-order valence-electron chi connectivity index (χ0n) is 22.0. The Balaban J connectivity index is 1.52. The molecule has 1 N–H and O–H groups in total. The van der Waals surface area contributed by atoms with Crippen LogP contribution in [0, 0.1) is 5.92 Å². The number of aryl methyl sites for hydroxylation is 1. The van der Waals surface area contributed by atoms with E-state index in [4.69, 9.17) is 21.1 Å². The molecule has 1 aliphatic heterocycles. The number of ether oxygens (including phenoxy) is 2. The van der Waals surface area contributed by atoms with Crippen LogP contribution in [-0.4, -0.2) is 44.7 Å². The second-order valence-electron chi connectivity index (χ2n) is 10.1. The van der Waals surface area contributed by atoms with E-state index in [0.717, 1.165) is 78.0 Å². The van der Waals surface area contributed by atoms with Crippen LogP contribution in [0.15, 0.2) is 66.7 Å². The van der Waals surface area contributed by atoms with Gasteiger partial charge in [-0.2, -0.15) is 0 Å². The molecule has 0 saturated carbocycles. The summed E-state index contributed by atoms with van der Waals surface area (Å²) in [7, 11) is 3.41. The lowest BCUT2D eigenvalue weighted by Crippen LogP contribution is -2.39. The third-order valence-corrected chi connectivity index (χ3v) is 8.24. The van der Waals surface area contributed by atoms with Crippen molar-refractivity contribution in [2.24, 2.45) is 5.92 Å². The number of aromatic carboxylic acids is 1. The number of methoxy groups -OCH3 is 2. The average molecular weight is 532 g/mol. The van der Waals surface area contributed by atoms with Gasteiger partial charge < -0.3 is 19.5 Å². The molecule has 2 aliphatic rings. The highest BCUT2D eigenvalue weighted by Gasteiger charge is 2.27. The van der Waals surface area contributed by atoms with Crippen LogP contribution in [-0.2, 0) is 15.9 Å². The maximum atomic E-state index is 11.7. The molecular weight excluding hydrogens is 498 g/mol. The van der Waals surface area contributed by atoms with Crippen molar-refractivity contribution >= 4 is 34.4 Å². The van der Waals surface area contributed by atoms with Crippen LogP contribution in [0.25, 0.3) is 11.1 Å². The van der Waals surface area contributed by atoms with Crippen molar-refractivity contribution in [2.45, 2.75) is 38.4 Å². The Morgan fingerprint density at radius 3 is 2.32 bits per heavy atom. The van der Waals surface area contributed by atoms with E-state index in [2.05, 4.69) is 35.2 Å². The molecule has 0 amide bonds. The Hall–Kier alpha value is -3.12. The van der Waals surface area contributed by atoms with Crippen molar-refractivity contribution in [1.82, 2.24) is 0 Å². The lowest BCUT2D eigenvalue weighted by molar-refractivity contribution is -0.141. The Kier molecular flexibility index (Phi) is 8.18. The SMILES string of the molecule is COC(OC)C1CCN(c2ccc(C3=C(c4ccccc4Cl)CCCc4cc(C(=O)O)ccc43)cc2)CC1. The fourth-order valence-electron chi connectivity index (χ4n) is 5.98. The first kappa shape index (κ1) is 26.5. The van der Waals surface area contributed by atoms with Gasteiger partial charge in [-0.3, -0.25) is 0 Å². The highest BCUT2D eigenvalue weighted by atomic mass is 35.5. The van der Waals surface area contributed by atoms with Gasteiger partial charge in [-0.05, 0) is 95.8 Å². The van der Waals surface area contributed by atoms with E-state index < -0.39 is 5.97 Å². The van der Waals surface area contributed by atoms with Gasteiger partial charge in [0.25, 0.3) is 0 Å². The molecule has 1 fully saturated rings. The topological polar surface area (TPSA) is 59.0 Å². The molecule has 5 rings (SSSR count). The summed E-state index contributed by atoms with van der Waals surface area (Å²) >= 11 is 6.70. The molecule has 1 saturated heterocycles. The summed E-state index contributed by atoms with van der Waals surface area (Å²) in [5, 5.41) is 10.3. The molecular formula is C32H34ClNO4. The van der Waals surface area contributed by atoms with E-state index in [9.17, 15) is 9.90 Å². The molecule has 0 atom stereocenters. The van der Waals surface area contributed by atoms with Gasteiger partial charge in [0.05, 0.1) is 5.56 Å². The quantitative estimate of drug-likeness (QED) is 0.327. The molecule has 0 unspecified atom stereocenters. The maximum Gasteiger partial charge on any atom is 0.335 e. The summed E-state index contributed by atoms with van der Waals surface area (Å²) in [4.78, 5) is 14.1. The smallest absolute Gasteiger partial charge is 0.335 e. The minimum absolute atomic E-state index is 0.147. The number of benzene rings is 3. The van der Waals surface area contributed by atoms with Crippen molar-refractivity contribution in [3.05, 3.63) is 99.6 Å². The van der Waals surface area contributed by atoms with Crippen LogP contribution in [0.4, 0.5) is 5.69 Å². The second-order valence-corrected chi connectivity index (χ2v) is 10.5. The Morgan fingerprint density at radius 2 is 1.66 bits per heavy atom. The van der Waals surface area contributed by atoms with Crippen LogP contribution < -0.4 is 4.90 Å². The van der Waals surface area contributed by atoms with Gasteiger partial charge >= 0.3 is 5.97 Å². The molecule has 3 aromatic carbocycles. The predicted molar refractivity (Wildman–Crippen MR) is 153 cm³/mol. The number of anilines is 1. The summed E-state index contributed by atoms with van der Waals surface area (Å²) < 4.78 is 11.0. The third kappa shape index (κ3) is 5.37. The van der Waals surface area contributed by atoms with E-state index in [0.29, 0.717) is 11.5 Å². The van der Waals surface area contributed by atoms with Gasteiger partial charge in [-0.25, -0.2) is 4.79 Å².